The zero-order valence-electron chi connectivity index (χ0n) is 22.4. The lowest BCUT2D eigenvalue weighted by Crippen LogP contribution is -2.27. The molecule has 2 aromatic heterocycles. The summed E-state index contributed by atoms with van der Waals surface area (Å²) in [5.41, 5.74) is 4.95. The average molecular weight is 573 g/mol. The van der Waals surface area contributed by atoms with Crippen molar-refractivity contribution < 1.29 is 14.3 Å². The Kier molecular flexibility index (Phi) is 8.85. The standard InChI is InChI=1S/C29H29ClN8O3/c1-41-29(40)33-22-11-12-23-19(16-22)7-5-3-2-4-6-8-24(28-31-17-25(23)35-28)34-27(39)14-9-20-15-21(30)10-13-26(20)38-18-32-36-37-38/h4,6,9-18,24H,2-3,5,7-8H2,1H3,(H,31,35)(H,33,40)(H,34,39)/b6-4-,14-9+/t24-/m0/s1. The van der Waals surface area contributed by atoms with Gasteiger partial charge in [-0.25, -0.2) is 9.78 Å². The van der Waals surface area contributed by atoms with Gasteiger partial charge in [-0.1, -0.05) is 29.8 Å². The molecule has 5 rings (SSSR count). The third-order valence-corrected chi connectivity index (χ3v) is 6.91. The van der Waals surface area contributed by atoms with E-state index in [0.717, 1.165) is 42.5 Å². The number of imidazole rings is 1. The smallest absolute Gasteiger partial charge is 0.411 e. The van der Waals surface area contributed by atoms with Crippen molar-refractivity contribution in [2.24, 2.45) is 0 Å². The number of allylic oxidation sites excluding steroid dienone is 1. The topological polar surface area (TPSA) is 140 Å². The van der Waals surface area contributed by atoms with E-state index in [4.69, 9.17) is 16.3 Å². The molecule has 2 aromatic carbocycles. The number of carbonyl (C=O) groups excluding carboxylic acids is 2. The number of aryl methyl sites for hydroxylation is 1. The molecule has 3 N–H and O–H groups in total. The summed E-state index contributed by atoms with van der Waals surface area (Å²) in [6, 6.07) is 10.6. The number of hydrogen-bond donors (Lipinski definition) is 3. The number of rotatable bonds is 5. The van der Waals surface area contributed by atoms with E-state index in [9.17, 15) is 9.59 Å². The van der Waals surface area contributed by atoms with E-state index in [2.05, 4.69) is 48.3 Å². The molecule has 3 heterocycles. The van der Waals surface area contributed by atoms with Crippen LogP contribution in [-0.2, 0) is 16.0 Å². The van der Waals surface area contributed by atoms with Gasteiger partial charge in [0.2, 0.25) is 5.91 Å². The predicted octanol–water partition coefficient (Wildman–Crippen LogP) is 5.43. The number of carbonyl (C=O) groups is 2. The Morgan fingerprint density at radius 2 is 2.07 bits per heavy atom. The van der Waals surface area contributed by atoms with Gasteiger partial charge in [-0.15, -0.1) is 5.10 Å². The molecule has 1 aliphatic rings. The van der Waals surface area contributed by atoms with Gasteiger partial charge >= 0.3 is 6.09 Å². The molecule has 210 valence electrons. The van der Waals surface area contributed by atoms with Crippen LogP contribution in [0.2, 0.25) is 5.02 Å². The van der Waals surface area contributed by atoms with E-state index < -0.39 is 6.09 Å². The maximum absolute atomic E-state index is 13.1. The highest BCUT2D eigenvalue weighted by molar-refractivity contribution is 6.30. The van der Waals surface area contributed by atoms with Crippen molar-refractivity contribution in [2.75, 3.05) is 12.4 Å². The lowest BCUT2D eigenvalue weighted by molar-refractivity contribution is -0.117. The fourth-order valence-electron chi connectivity index (χ4n) is 4.65. The van der Waals surface area contributed by atoms with Crippen molar-refractivity contribution in [2.45, 2.75) is 38.1 Å². The first-order valence-electron chi connectivity index (χ1n) is 13.2. The third kappa shape index (κ3) is 7.06. The molecule has 41 heavy (non-hydrogen) atoms. The van der Waals surface area contributed by atoms with Crippen LogP contribution in [-0.4, -0.2) is 49.3 Å². The van der Waals surface area contributed by atoms with E-state index in [-0.39, 0.29) is 11.9 Å². The number of amides is 2. The first-order valence-corrected chi connectivity index (χ1v) is 13.6. The first kappa shape index (κ1) is 27.8. The van der Waals surface area contributed by atoms with E-state index in [1.54, 1.807) is 30.5 Å². The number of ether oxygens (including phenoxy) is 1. The van der Waals surface area contributed by atoms with Crippen molar-refractivity contribution in [3.05, 3.63) is 89.1 Å². The van der Waals surface area contributed by atoms with Gasteiger partial charge in [-0.3, -0.25) is 10.1 Å². The Bertz CT molecular complexity index is 1580. The molecule has 0 fully saturated rings. The van der Waals surface area contributed by atoms with Crippen LogP contribution < -0.4 is 10.6 Å². The summed E-state index contributed by atoms with van der Waals surface area (Å²) < 4.78 is 6.24. The number of nitrogens with one attached hydrogen (secondary N) is 3. The van der Waals surface area contributed by atoms with Crippen molar-refractivity contribution in [1.29, 1.82) is 0 Å². The van der Waals surface area contributed by atoms with Crippen molar-refractivity contribution >= 4 is 35.4 Å². The molecular formula is C29H29ClN8O3. The normalized spacial score (nSPS) is 16.1. The number of aromatic amines is 1. The number of aromatic nitrogens is 6. The number of H-pyrrole nitrogens is 1. The fourth-order valence-corrected chi connectivity index (χ4v) is 4.83. The number of nitrogens with zero attached hydrogens (tertiary/aromatic N) is 5. The molecular weight excluding hydrogens is 544 g/mol. The van der Waals surface area contributed by atoms with Crippen LogP contribution in [0.25, 0.3) is 23.0 Å². The zero-order chi connectivity index (χ0) is 28.6. The van der Waals surface area contributed by atoms with Crippen LogP contribution >= 0.6 is 11.6 Å². The maximum atomic E-state index is 13.1. The third-order valence-electron chi connectivity index (χ3n) is 6.67. The Labute approximate surface area is 241 Å². The minimum Gasteiger partial charge on any atom is -0.453 e. The van der Waals surface area contributed by atoms with Crippen LogP contribution in [0.4, 0.5) is 10.5 Å². The van der Waals surface area contributed by atoms with Gasteiger partial charge in [0.1, 0.15) is 12.2 Å². The first-order chi connectivity index (χ1) is 20.0. The second-order valence-electron chi connectivity index (χ2n) is 9.48. The maximum Gasteiger partial charge on any atom is 0.411 e. The van der Waals surface area contributed by atoms with Crippen LogP contribution in [0.1, 0.15) is 48.7 Å². The minimum absolute atomic E-state index is 0.285. The fraction of sp³-hybridized carbons (Fsp3) is 0.241. The second-order valence-corrected chi connectivity index (χ2v) is 9.91. The Morgan fingerprint density at radius 3 is 2.90 bits per heavy atom. The highest BCUT2D eigenvalue weighted by Crippen LogP contribution is 2.29. The average Bonchev–Trinajstić information content (AvgIpc) is 3.68. The molecule has 2 bridgehead atoms. The number of benzene rings is 2. The molecule has 0 radical (unpaired) electrons. The van der Waals surface area contributed by atoms with Crippen molar-refractivity contribution in [3.63, 3.8) is 0 Å². The quantitative estimate of drug-likeness (QED) is 0.214. The largest absolute Gasteiger partial charge is 0.453 e. The molecule has 1 atom stereocenters. The monoisotopic (exact) mass is 572 g/mol. The molecule has 12 heteroatoms. The van der Waals surface area contributed by atoms with Crippen LogP contribution in [0.5, 0.6) is 0 Å². The van der Waals surface area contributed by atoms with E-state index >= 15 is 0 Å². The van der Waals surface area contributed by atoms with Crippen molar-refractivity contribution in [3.8, 4) is 16.9 Å². The molecule has 11 nitrogen and oxygen atoms in total. The Hall–Kier alpha value is -4.77. The summed E-state index contributed by atoms with van der Waals surface area (Å²) in [4.78, 5) is 32.8. The summed E-state index contributed by atoms with van der Waals surface area (Å²) in [7, 11) is 1.34. The molecule has 4 aromatic rings. The summed E-state index contributed by atoms with van der Waals surface area (Å²) in [6.07, 6.45) is 14.4. The molecule has 2 amide bonds. The number of hydrogen-bond acceptors (Lipinski definition) is 7. The minimum atomic E-state index is -0.516. The molecule has 0 spiro atoms. The van der Waals surface area contributed by atoms with E-state index in [1.807, 2.05) is 18.2 Å². The number of halogens is 1. The predicted molar refractivity (Wildman–Crippen MR) is 155 cm³/mol. The summed E-state index contributed by atoms with van der Waals surface area (Å²) in [5, 5.41) is 17.6. The highest BCUT2D eigenvalue weighted by Gasteiger charge is 2.18. The number of anilines is 1. The number of methoxy groups -OCH3 is 1. The van der Waals surface area contributed by atoms with E-state index in [1.165, 1.54) is 24.2 Å². The van der Waals surface area contributed by atoms with Crippen LogP contribution in [0.3, 0.4) is 0 Å². The molecule has 0 aliphatic carbocycles. The summed E-state index contributed by atoms with van der Waals surface area (Å²) in [6.45, 7) is 0. The number of fused-ring (bicyclic) bond motifs is 4. The summed E-state index contributed by atoms with van der Waals surface area (Å²) in [5.74, 6) is 0.359. The van der Waals surface area contributed by atoms with Crippen LogP contribution in [0.15, 0.2) is 67.2 Å². The molecule has 1 aliphatic heterocycles. The molecule has 0 saturated carbocycles. The summed E-state index contributed by atoms with van der Waals surface area (Å²) >= 11 is 6.21. The SMILES string of the molecule is COC(=O)Nc1ccc2c(c1)CCCC/C=C\C[C@H](NC(=O)/C=C/c1cc(Cl)ccc1-n1cnnn1)c1ncc-2[nH]1. The second kappa shape index (κ2) is 13.1. The van der Waals surface area contributed by atoms with Gasteiger partial charge < -0.3 is 15.0 Å². The Morgan fingerprint density at radius 1 is 1.17 bits per heavy atom. The van der Waals surface area contributed by atoms with Gasteiger partial charge in [-0.05, 0) is 84.5 Å². The van der Waals surface area contributed by atoms with Gasteiger partial charge in [0, 0.05) is 27.9 Å². The molecule has 0 unspecified atom stereocenters. The lowest BCUT2D eigenvalue weighted by atomic mass is 9.98. The Balaban J connectivity index is 1.38. The molecule has 0 saturated heterocycles. The zero-order valence-corrected chi connectivity index (χ0v) is 23.1. The van der Waals surface area contributed by atoms with Gasteiger partial charge in [-0.2, -0.15) is 4.68 Å². The highest BCUT2D eigenvalue weighted by atomic mass is 35.5. The lowest BCUT2D eigenvalue weighted by Gasteiger charge is -2.14. The van der Waals surface area contributed by atoms with Gasteiger partial charge in [0.05, 0.1) is 30.7 Å². The van der Waals surface area contributed by atoms with E-state index in [0.29, 0.717) is 34.2 Å². The van der Waals surface area contributed by atoms with Crippen molar-refractivity contribution in [1.82, 2.24) is 35.5 Å². The van der Waals surface area contributed by atoms with Crippen LogP contribution in [0, 0.1) is 0 Å². The number of tetrazole rings is 1. The van der Waals surface area contributed by atoms with Gasteiger partial charge in [0.25, 0.3) is 0 Å². The van der Waals surface area contributed by atoms with Gasteiger partial charge in [0.15, 0.2) is 0 Å².